The first-order valence-electron chi connectivity index (χ1n) is 10.5. The molecule has 3 aliphatic rings. The summed E-state index contributed by atoms with van der Waals surface area (Å²) in [6.07, 6.45) is 2.65. The molecule has 2 aromatic rings. The first-order chi connectivity index (χ1) is 14.8. The number of allylic oxidation sites excluding steroid dienone is 2. The maximum Gasteiger partial charge on any atom is 0.348 e. The van der Waals surface area contributed by atoms with Gasteiger partial charge in [0.2, 0.25) is 6.79 Å². The summed E-state index contributed by atoms with van der Waals surface area (Å²) >= 11 is 1.40. The van der Waals surface area contributed by atoms with Gasteiger partial charge in [0.15, 0.2) is 11.5 Å². The Kier molecular flexibility index (Phi) is 4.62. The molecule has 1 aromatic heterocycles. The standard InChI is InChI=1S/C24H25NO5S/c1-5-28-23(27)21-12(2)18-19(13-6-7-16-17(8-13)30-11-29-16)20-14(25-22(18)31-21)9-24(3,4)10-15(20)26/h6-9,19-20,25H,5,10-11H2,1-4H3/t19-,20+/m1/s1. The van der Waals surface area contributed by atoms with E-state index in [1.54, 1.807) is 6.92 Å². The third-order valence-corrected chi connectivity index (χ3v) is 7.37. The fourth-order valence-electron chi connectivity index (χ4n) is 4.92. The van der Waals surface area contributed by atoms with Gasteiger partial charge in [-0.15, -0.1) is 11.3 Å². The molecule has 0 spiro atoms. The Balaban J connectivity index is 1.71. The minimum Gasteiger partial charge on any atom is -0.462 e. The summed E-state index contributed by atoms with van der Waals surface area (Å²) < 4.78 is 16.4. The van der Waals surface area contributed by atoms with Crippen LogP contribution in [0.3, 0.4) is 0 Å². The molecular formula is C24H25NO5S. The van der Waals surface area contributed by atoms with Crippen molar-refractivity contribution >= 4 is 28.1 Å². The number of carbonyl (C=O) groups excluding carboxylic acids is 2. The van der Waals surface area contributed by atoms with E-state index in [0.717, 1.165) is 27.4 Å². The van der Waals surface area contributed by atoms with Crippen molar-refractivity contribution in [1.82, 2.24) is 0 Å². The largest absolute Gasteiger partial charge is 0.462 e. The van der Waals surface area contributed by atoms with Crippen molar-refractivity contribution in [2.24, 2.45) is 11.3 Å². The fraction of sp³-hybridized carbons (Fsp3) is 0.417. The number of rotatable bonds is 3. The van der Waals surface area contributed by atoms with Crippen LogP contribution in [0.5, 0.6) is 11.5 Å². The predicted octanol–water partition coefficient (Wildman–Crippen LogP) is 5.02. The van der Waals surface area contributed by atoms with E-state index in [9.17, 15) is 9.59 Å². The van der Waals surface area contributed by atoms with Crippen molar-refractivity contribution in [3.63, 3.8) is 0 Å². The number of ether oxygens (including phenoxy) is 3. The third-order valence-electron chi connectivity index (χ3n) is 6.17. The second-order valence-electron chi connectivity index (χ2n) is 8.94. The number of esters is 1. The fourth-order valence-corrected chi connectivity index (χ4v) is 6.09. The average Bonchev–Trinajstić information content (AvgIpc) is 3.29. The maximum atomic E-state index is 13.4. The summed E-state index contributed by atoms with van der Waals surface area (Å²) in [6.45, 7) is 8.40. The van der Waals surface area contributed by atoms with E-state index in [1.165, 1.54) is 11.3 Å². The van der Waals surface area contributed by atoms with Crippen LogP contribution in [0.4, 0.5) is 5.00 Å². The van der Waals surface area contributed by atoms with E-state index in [2.05, 4.69) is 25.2 Å². The van der Waals surface area contributed by atoms with Crippen LogP contribution in [-0.4, -0.2) is 25.2 Å². The molecule has 0 saturated carbocycles. The van der Waals surface area contributed by atoms with E-state index in [1.807, 2.05) is 25.1 Å². The van der Waals surface area contributed by atoms with Gasteiger partial charge in [0.25, 0.3) is 0 Å². The monoisotopic (exact) mass is 439 g/mol. The first-order valence-corrected chi connectivity index (χ1v) is 11.3. The summed E-state index contributed by atoms with van der Waals surface area (Å²) in [6, 6.07) is 5.86. The normalized spacial score (nSPS) is 22.8. The van der Waals surface area contributed by atoms with Gasteiger partial charge in [-0.2, -0.15) is 0 Å². The van der Waals surface area contributed by atoms with E-state index >= 15 is 0 Å². The minimum absolute atomic E-state index is 0.197. The van der Waals surface area contributed by atoms with Crippen LogP contribution in [0.25, 0.3) is 0 Å². The average molecular weight is 440 g/mol. The number of thiophene rings is 1. The molecule has 7 heteroatoms. The van der Waals surface area contributed by atoms with E-state index in [-0.39, 0.29) is 35.8 Å². The molecule has 5 rings (SSSR count). The quantitative estimate of drug-likeness (QED) is 0.677. The molecule has 2 aliphatic heterocycles. The summed E-state index contributed by atoms with van der Waals surface area (Å²) in [7, 11) is 0. The lowest BCUT2D eigenvalue weighted by molar-refractivity contribution is -0.124. The van der Waals surface area contributed by atoms with Crippen LogP contribution in [0.15, 0.2) is 30.0 Å². The maximum absolute atomic E-state index is 13.4. The highest BCUT2D eigenvalue weighted by Gasteiger charge is 2.46. The van der Waals surface area contributed by atoms with Gasteiger partial charge < -0.3 is 19.5 Å². The summed E-state index contributed by atoms with van der Waals surface area (Å²) in [5, 5.41) is 4.39. The van der Waals surface area contributed by atoms with E-state index < -0.39 is 0 Å². The van der Waals surface area contributed by atoms with Gasteiger partial charge in [-0.05, 0) is 48.1 Å². The predicted molar refractivity (Wildman–Crippen MR) is 118 cm³/mol. The highest BCUT2D eigenvalue weighted by atomic mass is 32.1. The Morgan fingerprint density at radius 3 is 2.81 bits per heavy atom. The Morgan fingerprint density at radius 2 is 2.03 bits per heavy atom. The second-order valence-corrected chi connectivity index (χ2v) is 9.96. The molecule has 162 valence electrons. The zero-order chi connectivity index (χ0) is 21.9. The second kappa shape index (κ2) is 7.12. The molecule has 1 aromatic carbocycles. The van der Waals surface area contributed by atoms with Crippen LogP contribution in [0, 0.1) is 18.3 Å². The number of Topliss-reactive ketones (excluding diaryl/α,β-unsaturated/α-hetero) is 1. The molecular weight excluding hydrogens is 414 g/mol. The Labute approximate surface area is 185 Å². The SMILES string of the molecule is CCOC(=O)c1sc2c(c1C)[C@@H](c1ccc3c(c1)OCO3)[C@@H]1C(=O)CC(C)(C)C=C1N2. The van der Waals surface area contributed by atoms with Crippen molar-refractivity contribution < 1.29 is 23.8 Å². The number of fused-ring (bicyclic) bond motifs is 3. The molecule has 0 saturated heterocycles. The molecule has 1 aliphatic carbocycles. The number of anilines is 1. The highest BCUT2D eigenvalue weighted by molar-refractivity contribution is 7.18. The Morgan fingerprint density at radius 1 is 1.26 bits per heavy atom. The lowest BCUT2D eigenvalue weighted by Crippen LogP contribution is -2.38. The van der Waals surface area contributed by atoms with Crippen molar-refractivity contribution in [2.45, 2.75) is 40.0 Å². The number of ketones is 1. The number of hydrogen-bond acceptors (Lipinski definition) is 7. The number of hydrogen-bond donors (Lipinski definition) is 1. The zero-order valence-corrected chi connectivity index (χ0v) is 18.9. The van der Waals surface area contributed by atoms with Gasteiger partial charge >= 0.3 is 5.97 Å². The first kappa shape index (κ1) is 20.1. The molecule has 3 heterocycles. The van der Waals surface area contributed by atoms with Gasteiger partial charge in [-0.3, -0.25) is 4.79 Å². The van der Waals surface area contributed by atoms with Crippen molar-refractivity contribution in [2.75, 3.05) is 18.7 Å². The lowest BCUT2D eigenvalue weighted by Gasteiger charge is -2.40. The molecule has 0 fully saturated rings. The van der Waals surface area contributed by atoms with Crippen molar-refractivity contribution in [1.29, 1.82) is 0 Å². The molecule has 0 unspecified atom stereocenters. The van der Waals surface area contributed by atoms with Crippen LogP contribution >= 0.6 is 11.3 Å². The minimum atomic E-state index is -0.329. The van der Waals surface area contributed by atoms with Crippen LogP contribution in [0.2, 0.25) is 0 Å². The molecule has 1 N–H and O–H groups in total. The van der Waals surface area contributed by atoms with E-state index in [4.69, 9.17) is 14.2 Å². The Bertz CT molecular complexity index is 1130. The lowest BCUT2D eigenvalue weighted by atomic mass is 9.67. The number of nitrogens with one attached hydrogen (secondary N) is 1. The molecule has 6 nitrogen and oxygen atoms in total. The van der Waals surface area contributed by atoms with Gasteiger partial charge in [0, 0.05) is 18.0 Å². The van der Waals surface area contributed by atoms with Gasteiger partial charge in [0.05, 0.1) is 17.5 Å². The molecule has 31 heavy (non-hydrogen) atoms. The van der Waals surface area contributed by atoms with Gasteiger partial charge in [-0.25, -0.2) is 4.79 Å². The molecule has 0 bridgehead atoms. The van der Waals surface area contributed by atoms with Gasteiger partial charge in [-0.1, -0.05) is 26.0 Å². The smallest absolute Gasteiger partial charge is 0.348 e. The summed E-state index contributed by atoms with van der Waals surface area (Å²) in [4.78, 5) is 26.6. The number of carbonyl (C=O) groups is 2. The third kappa shape index (κ3) is 3.22. The zero-order valence-electron chi connectivity index (χ0n) is 18.0. The van der Waals surface area contributed by atoms with Gasteiger partial charge in [0.1, 0.15) is 10.7 Å². The van der Waals surface area contributed by atoms with Crippen molar-refractivity contribution in [3.8, 4) is 11.5 Å². The van der Waals surface area contributed by atoms with Crippen LogP contribution < -0.4 is 14.8 Å². The molecule has 0 amide bonds. The van der Waals surface area contributed by atoms with Crippen LogP contribution in [-0.2, 0) is 9.53 Å². The molecule has 2 atom stereocenters. The Hall–Kier alpha value is -2.80. The molecule has 0 radical (unpaired) electrons. The topological polar surface area (TPSA) is 73.9 Å². The van der Waals surface area contributed by atoms with Crippen LogP contribution in [0.1, 0.15) is 59.5 Å². The summed E-state index contributed by atoms with van der Waals surface area (Å²) in [5.74, 6) is 0.731. The summed E-state index contributed by atoms with van der Waals surface area (Å²) in [5.41, 5.74) is 3.52. The highest BCUT2D eigenvalue weighted by Crippen LogP contribution is 2.54. The van der Waals surface area contributed by atoms with E-state index in [0.29, 0.717) is 29.4 Å². The number of benzene rings is 1. The van der Waals surface area contributed by atoms with Crippen molar-refractivity contribution in [3.05, 3.63) is 51.5 Å².